The Morgan fingerprint density at radius 3 is 1.29 bits per heavy atom. The monoisotopic (exact) mass is 520 g/mol. The number of carbonyl (C=O) groups excluding carboxylic acids is 4. The first-order valence-corrected chi connectivity index (χ1v) is 13.4. The van der Waals surface area contributed by atoms with E-state index in [-0.39, 0.29) is 61.8 Å². The van der Waals surface area contributed by atoms with Crippen molar-refractivity contribution < 1.29 is 28.7 Å². The summed E-state index contributed by atoms with van der Waals surface area (Å²) in [6, 6.07) is 14.6. The molecule has 0 aromatic heterocycles. The molecule has 0 bridgehead atoms. The SMILES string of the molecule is CC(C)Oc1ccc([C@@H]2CC(=O)N(CCCCN3C(=O)C[C@@H](c4ccc(OC(C)C)cc4)C3=O)C2=O)cc1. The van der Waals surface area contributed by atoms with Gasteiger partial charge in [0.15, 0.2) is 0 Å². The van der Waals surface area contributed by atoms with Crippen molar-refractivity contribution in [3.05, 3.63) is 59.7 Å². The highest BCUT2D eigenvalue weighted by atomic mass is 16.5. The molecule has 2 aliphatic heterocycles. The third kappa shape index (κ3) is 6.23. The van der Waals surface area contributed by atoms with E-state index in [2.05, 4.69) is 0 Å². The van der Waals surface area contributed by atoms with Crippen LogP contribution in [0.1, 0.15) is 76.3 Å². The van der Waals surface area contributed by atoms with E-state index in [1.807, 2.05) is 76.2 Å². The van der Waals surface area contributed by atoms with Crippen LogP contribution in [0, 0.1) is 0 Å². The van der Waals surface area contributed by atoms with Gasteiger partial charge in [0, 0.05) is 25.9 Å². The van der Waals surface area contributed by atoms with Crippen molar-refractivity contribution >= 4 is 23.6 Å². The van der Waals surface area contributed by atoms with Crippen LogP contribution in [-0.4, -0.2) is 58.7 Å². The molecule has 8 nitrogen and oxygen atoms in total. The van der Waals surface area contributed by atoms with Crippen LogP contribution in [-0.2, 0) is 19.2 Å². The first-order valence-electron chi connectivity index (χ1n) is 13.4. The van der Waals surface area contributed by atoms with Crippen molar-refractivity contribution in [2.45, 2.75) is 77.4 Å². The van der Waals surface area contributed by atoms with Crippen molar-refractivity contribution in [3.8, 4) is 11.5 Å². The lowest BCUT2D eigenvalue weighted by Crippen LogP contribution is -2.33. The summed E-state index contributed by atoms with van der Waals surface area (Å²) in [5.41, 5.74) is 1.59. The fourth-order valence-corrected chi connectivity index (χ4v) is 5.00. The summed E-state index contributed by atoms with van der Waals surface area (Å²) in [7, 11) is 0. The first kappa shape index (κ1) is 27.4. The molecule has 38 heavy (non-hydrogen) atoms. The topological polar surface area (TPSA) is 93.2 Å². The van der Waals surface area contributed by atoms with Gasteiger partial charge in [-0.2, -0.15) is 0 Å². The summed E-state index contributed by atoms with van der Waals surface area (Å²) >= 11 is 0. The van der Waals surface area contributed by atoms with Gasteiger partial charge in [-0.1, -0.05) is 24.3 Å². The van der Waals surface area contributed by atoms with Gasteiger partial charge in [-0.15, -0.1) is 0 Å². The third-order valence-corrected chi connectivity index (χ3v) is 6.81. The van der Waals surface area contributed by atoms with Crippen LogP contribution in [0.25, 0.3) is 0 Å². The van der Waals surface area contributed by atoms with E-state index in [0.29, 0.717) is 12.8 Å². The Morgan fingerprint density at radius 1 is 0.632 bits per heavy atom. The number of amides is 4. The Hall–Kier alpha value is -3.68. The summed E-state index contributed by atoms with van der Waals surface area (Å²) in [6.07, 6.45) is 1.45. The average Bonchev–Trinajstić information content (AvgIpc) is 3.31. The predicted molar refractivity (Wildman–Crippen MR) is 142 cm³/mol. The maximum Gasteiger partial charge on any atom is 0.237 e. The Bertz CT molecular complexity index is 1080. The van der Waals surface area contributed by atoms with Gasteiger partial charge < -0.3 is 9.47 Å². The molecule has 0 spiro atoms. The van der Waals surface area contributed by atoms with Crippen LogP contribution < -0.4 is 9.47 Å². The highest BCUT2D eigenvalue weighted by molar-refractivity contribution is 6.07. The number of hydrogen-bond acceptors (Lipinski definition) is 6. The maximum absolute atomic E-state index is 13.0. The molecule has 0 unspecified atom stereocenters. The third-order valence-electron chi connectivity index (χ3n) is 6.81. The fraction of sp³-hybridized carbons (Fsp3) is 0.467. The van der Waals surface area contributed by atoms with E-state index in [1.54, 1.807) is 0 Å². The second kappa shape index (κ2) is 11.8. The van der Waals surface area contributed by atoms with Gasteiger partial charge in [0.05, 0.1) is 24.0 Å². The molecule has 0 saturated carbocycles. The Kier molecular flexibility index (Phi) is 8.49. The second-order valence-electron chi connectivity index (χ2n) is 10.5. The summed E-state index contributed by atoms with van der Waals surface area (Å²) in [4.78, 5) is 53.7. The minimum atomic E-state index is -0.490. The minimum Gasteiger partial charge on any atom is -0.491 e. The van der Waals surface area contributed by atoms with Crippen LogP contribution in [0.5, 0.6) is 11.5 Å². The molecule has 2 aliphatic rings. The molecule has 0 N–H and O–H groups in total. The average molecular weight is 521 g/mol. The van der Waals surface area contributed by atoms with Crippen LogP contribution in [0.4, 0.5) is 0 Å². The maximum atomic E-state index is 13.0. The van der Waals surface area contributed by atoms with E-state index < -0.39 is 11.8 Å². The van der Waals surface area contributed by atoms with Gasteiger partial charge in [-0.3, -0.25) is 29.0 Å². The zero-order valence-corrected chi connectivity index (χ0v) is 22.5. The molecule has 0 radical (unpaired) electrons. The second-order valence-corrected chi connectivity index (χ2v) is 10.5. The number of imide groups is 2. The smallest absolute Gasteiger partial charge is 0.237 e. The lowest BCUT2D eigenvalue weighted by Gasteiger charge is -2.18. The van der Waals surface area contributed by atoms with Crippen molar-refractivity contribution in [2.75, 3.05) is 13.1 Å². The van der Waals surface area contributed by atoms with Gasteiger partial charge in [0.1, 0.15) is 11.5 Å². The number of carbonyl (C=O) groups is 4. The van der Waals surface area contributed by atoms with Crippen LogP contribution in [0.15, 0.2) is 48.5 Å². The Morgan fingerprint density at radius 2 is 0.974 bits per heavy atom. The zero-order chi connectivity index (χ0) is 27.4. The molecule has 0 aliphatic carbocycles. The van der Waals surface area contributed by atoms with Crippen molar-refractivity contribution in [2.24, 2.45) is 0 Å². The van der Waals surface area contributed by atoms with Crippen LogP contribution in [0.3, 0.4) is 0 Å². The minimum absolute atomic E-state index is 0.0549. The van der Waals surface area contributed by atoms with E-state index in [9.17, 15) is 19.2 Å². The quantitative estimate of drug-likeness (QED) is 0.322. The van der Waals surface area contributed by atoms with E-state index >= 15 is 0 Å². The van der Waals surface area contributed by atoms with Crippen molar-refractivity contribution in [1.29, 1.82) is 0 Å². The zero-order valence-electron chi connectivity index (χ0n) is 22.5. The number of benzene rings is 2. The van der Waals surface area contributed by atoms with E-state index in [4.69, 9.17) is 9.47 Å². The molecule has 2 fully saturated rings. The molecule has 4 rings (SSSR count). The van der Waals surface area contributed by atoms with Gasteiger partial charge in [-0.25, -0.2) is 0 Å². The van der Waals surface area contributed by atoms with Gasteiger partial charge in [0.25, 0.3) is 0 Å². The summed E-state index contributed by atoms with van der Waals surface area (Å²) < 4.78 is 11.3. The normalized spacial score (nSPS) is 19.8. The van der Waals surface area contributed by atoms with Gasteiger partial charge >= 0.3 is 0 Å². The van der Waals surface area contributed by atoms with E-state index in [0.717, 1.165) is 22.6 Å². The summed E-state index contributed by atoms with van der Waals surface area (Å²) in [5, 5.41) is 0. The largest absolute Gasteiger partial charge is 0.491 e. The number of rotatable bonds is 11. The lowest BCUT2D eigenvalue weighted by atomic mass is 9.97. The molecular weight excluding hydrogens is 484 g/mol. The molecule has 2 aromatic rings. The Balaban J connectivity index is 1.27. The Labute approximate surface area is 223 Å². The number of hydrogen-bond donors (Lipinski definition) is 0. The van der Waals surface area contributed by atoms with Crippen LogP contribution >= 0.6 is 0 Å². The number of nitrogens with zero attached hydrogens (tertiary/aromatic N) is 2. The molecule has 2 saturated heterocycles. The molecule has 2 heterocycles. The predicted octanol–water partition coefficient (Wildman–Crippen LogP) is 4.43. The van der Waals surface area contributed by atoms with Crippen molar-refractivity contribution in [1.82, 2.24) is 9.80 Å². The number of ether oxygens (including phenoxy) is 2. The van der Waals surface area contributed by atoms with Gasteiger partial charge in [-0.05, 0) is 75.9 Å². The molecular formula is C30H36N2O6. The molecule has 2 atom stereocenters. The molecule has 4 amide bonds. The van der Waals surface area contributed by atoms with Gasteiger partial charge in [0.2, 0.25) is 23.6 Å². The number of unbranched alkanes of at least 4 members (excludes halogenated alkanes) is 1. The van der Waals surface area contributed by atoms with Crippen molar-refractivity contribution in [3.63, 3.8) is 0 Å². The highest BCUT2D eigenvalue weighted by Gasteiger charge is 2.40. The molecule has 2 aromatic carbocycles. The summed E-state index contributed by atoms with van der Waals surface area (Å²) in [6.45, 7) is 8.34. The standard InChI is InChI=1S/C30H36N2O6/c1-19(2)37-23-11-7-21(8-12-23)25-17-27(33)31(29(25)35)15-5-6-16-32-28(34)18-26(30(32)36)22-9-13-24(14-10-22)38-20(3)4/h7-14,19-20,25-26H,5-6,15-18H2,1-4H3/t25-,26-/m0/s1. The van der Waals surface area contributed by atoms with Crippen LogP contribution in [0.2, 0.25) is 0 Å². The fourth-order valence-electron chi connectivity index (χ4n) is 5.00. The first-order chi connectivity index (χ1) is 18.1. The summed E-state index contributed by atoms with van der Waals surface area (Å²) in [5.74, 6) is -0.324. The highest BCUT2D eigenvalue weighted by Crippen LogP contribution is 2.33. The molecule has 202 valence electrons. The molecule has 8 heteroatoms. The van der Waals surface area contributed by atoms with E-state index in [1.165, 1.54) is 9.80 Å². The lowest BCUT2D eigenvalue weighted by molar-refractivity contribution is -0.141. The number of likely N-dealkylation sites (tertiary alicyclic amines) is 2.